The summed E-state index contributed by atoms with van der Waals surface area (Å²) >= 11 is 1.58. The summed E-state index contributed by atoms with van der Waals surface area (Å²) in [5, 5.41) is 24.6. The largest absolute Gasteiger partial charge is 0.481 e. The van der Waals surface area contributed by atoms with Gasteiger partial charge in [0.2, 0.25) is 6.29 Å². The zero-order chi connectivity index (χ0) is 32.0. The van der Waals surface area contributed by atoms with Gasteiger partial charge in [0.25, 0.3) is 0 Å². The van der Waals surface area contributed by atoms with Gasteiger partial charge in [-0.05, 0) is 91.9 Å². The van der Waals surface area contributed by atoms with E-state index < -0.39 is 11.6 Å². The highest BCUT2D eigenvalue weighted by Crippen LogP contribution is 2.44. The predicted octanol–water partition coefficient (Wildman–Crippen LogP) is 8.01. The van der Waals surface area contributed by atoms with Crippen molar-refractivity contribution in [1.29, 1.82) is 0 Å². The molecule has 45 heavy (non-hydrogen) atoms. The molecule has 0 fully saturated rings. The van der Waals surface area contributed by atoms with Gasteiger partial charge < -0.3 is 19.7 Å². The van der Waals surface area contributed by atoms with E-state index in [9.17, 15) is 9.90 Å². The Morgan fingerprint density at radius 3 is 2.40 bits per heavy atom. The molecule has 0 radical (unpaired) electrons. The molecule has 0 saturated carbocycles. The number of carboxylic acids is 1. The molecule has 1 atom stereocenters. The minimum absolute atomic E-state index is 0.0819. The molecule has 3 heterocycles. The maximum Gasteiger partial charge on any atom is 0.307 e. The highest BCUT2D eigenvalue weighted by atomic mass is 32.1. The van der Waals surface area contributed by atoms with Gasteiger partial charge in [-0.25, -0.2) is 4.98 Å². The Labute approximate surface area is 265 Å². The number of fused-ring (bicyclic) bond motifs is 3. The van der Waals surface area contributed by atoms with Crippen LogP contribution in [0.2, 0.25) is 0 Å². The molecule has 0 saturated heterocycles. The van der Waals surface area contributed by atoms with Crippen LogP contribution in [-0.2, 0) is 18.3 Å². The van der Waals surface area contributed by atoms with Crippen LogP contribution in [0, 0.1) is 6.92 Å². The number of nitrogens with zero attached hydrogens (tertiary/aromatic N) is 3. The van der Waals surface area contributed by atoms with Gasteiger partial charge in [0.15, 0.2) is 11.5 Å². The number of hydrogen-bond donors (Lipinski definition) is 2. The van der Waals surface area contributed by atoms with Crippen molar-refractivity contribution in [3.05, 3.63) is 84.1 Å². The Morgan fingerprint density at radius 1 is 0.956 bits per heavy atom. The van der Waals surface area contributed by atoms with Crippen molar-refractivity contribution in [2.45, 2.75) is 52.9 Å². The molecule has 4 aromatic carbocycles. The van der Waals surface area contributed by atoms with Crippen LogP contribution in [0.5, 0.6) is 11.5 Å². The Kier molecular flexibility index (Phi) is 7.84. The Bertz CT molecular complexity index is 2070. The highest BCUT2D eigenvalue weighted by Gasteiger charge is 2.24. The minimum atomic E-state index is -0.874. The molecule has 1 unspecified atom stereocenters. The lowest BCUT2D eigenvalue weighted by Gasteiger charge is -2.13. The lowest BCUT2D eigenvalue weighted by Crippen LogP contribution is -2.11. The van der Waals surface area contributed by atoms with Crippen molar-refractivity contribution in [3.8, 4) is 44.3 Å². The van der Waals surface area contributed by atoms with E-state index in [1.165, 1.54) is 0 Å². The molecule has 2 N–H and O–H groups in total. The second kappa shape index (κ2) is 11.6. The molecular formula is C36H35N3O5S. The summed E-state index contributed by atoms with van der Waals surface area (Å²) in [5.41, 5.74) is 8.08. The first-order valence-electron chi connectivity index (χ1n) is 14.7. The number of aromatic nitrogens is 3. The van der Waals surface area contributed by atoms with Crippen LogP contribution < -0.4 is 9.47 Å². The van der Waals surface area contributed by atoms with Crippen LogP contribution in [0.1, 0.15) is 38.8 Å². The smallest absolute Gasteiger partial charge is 0.307 e. The third-order valence-electron chi connectivity index (χ3n) is 7.35. The van der Waals surface area contributed by atoms with Gasteiger partial charge in [-0.15, -0.1) is 11.3 Å². The van der Waals surface area contributed by atoms with Crippen LogP contribution in [0.4, 0.5) is 0 Å². The first kappa shape index (κ1) is 30.3. The van der Waals surface area contributed by atoms with E-state index in [0.29, 0.717) is 11.5 Å². The van der Waals surface area contributed by atoms with Gasteiger partial charge in [-0.1, -0.05) is 30.3 Å². The molecule has 8 nitrogen and oxygen atoms in total. The van der Waals surface area contributed by atoms with E-state index in [1.54, 1.807) is 32.1 Å². The molecule has 0 bridgehead atoms. The number of ether oxygens (including phenoxy) is 2. The number of hydrogen-bond acceptors (Lipinski definition) is 7. The molecule has 0 aliphatic carbocycles. The fourth-order valence-corrected chi connectivity index (χ4v) is 6.59. The highest BCUT2D eigenvalue weighted by molar-refractivity contribution is 7.22. The quantitative estimate of drug-likeness (QED) is 0.201. The zero-order valence-electron chi connectivity index (χ0n) is 26.1. The second-order valence-corrected chi connectivity index (χ2v) is 13.2. The number of aryl methyl sites for hydroxylation is 2. The average molecular weight is 622 g/mol. The lowest BCUT2D eigenvalue weighted by molar-refractivity contribution is -0.136. The molecule has 230 valence electrons. The van der Waals surface area contributed by atoms with E-state index in [-0.39, 0.29) is 12.7 Å². The van der Waals surface area contributed by atoms with Crippen molar-refractivity contribution >= 4 is 38.4 Å². The van der Waals surface area contributed by atoms with Crippen LogP contribution >= 0.6 is 11.3 Å². The van der Waals surface area contributed by atoms with Gasteiger partial charge in [0.1, 0.15) is 5.01 Å². The van der Waals surface area contributed by atoms with Gasteiger partial charge in [0.05, 0.1) is 34.0 Å². The number of aliphatic hydroxyl groups is 1. The number of thiazole rings is 1. The standard InChI is InChI=1S/C32H25N3O4S.C4H10O/c1-17-11-25-31(30(24(17)15-29(36)37)21-8-10-27-28(14-21)39-18(2)38-27)40-32(34-25)22-6-4-5-19(12-22)20-7-9-26-23(13-20)16-33-35(26)3;1-4(2,3)5/h4-14,16,18H,15H2,1-3H3,(H,36,37);5H,1-3H3. The van der Waals surface area contributed by atoms with E-state index in [4.69, 9.17) is 19.6 Å². The number of carbonyl (C=O) groups is 1. The number of benzene rings is 4. The molecule has 1 aliphatic heterocycles. The van der Waals surface area contributed by atoms with Gasteiger partial charge >= 0.3 is 5.97 Å². The van der Waals surface area contributed by atoms with Crippen LogP contribution in [0.25, 0.3) is 53.9 Å². The number of carboxylic acid groups (broad SMARTS) is 1. The third-order valence-corrected chi connectivity index (χ3v) is 8.48. The molecular weight excluding hydrogens is 586 g/mol. The summed E-state index contributed by atoms with van der Waals surface area (Å²) in [6.07, 6.45) is 1.44. The minimum Gasteiger partial charge on any atom is -0.481 e. The van der Waals surface area contributed by atoms with Crippen LogP contribution in [-0.4, -0.2) is 42.8 Å². The third kappa shape index (κ3) is 6.41. The second-order valence-electron chi connectivity index (χ2n) is 12.2. The monoisotopic (exact) mass is 621 g/mol. The molecule has 9 heteroatoms. The lowest BCUT2D eigenvalue weighted by atomic mass is 9.93. The van der Waals surface area contributed by atoms with Crippen LogP contribution in [0.15, 0.2) is 72.9 Å². The Morgan fingerprint density at radius 2 is 1.64 bits per heavy atom. The van der Waals surface area contributed by atoms with Crippen molar-refractivity contribution in [1.82, 2.24) is 14.8 Å². The number of aliphatic carboxylic acids is 1. The normalized spacial score (nSPS) is 14.1. The maximum absolute atomic E-state index is 11.9. The SMILES string of the molecule is CC(C)(C)O.Cc1cc2nc(-c3cccc(-c4ccc5c(cnn5C)c4)c3)sc2c(-c2ccc3c(c2)OC(C)O3)c1CC(=O)O. The topological polar surface area (TPSA) is 107 Å². The van der Waals surface area contributed by atoms with Gasteiger partial charge in [-0.3, -0.25) is 9.48 Å². The molecule has 6 aromatic rings. The Balaban J connectivity index is 0.000000664. The van der Waals surface area contributed by atoms with Gasteiger partial charge in [-0.2, -0.15) is 5.10 Å². The van der Waals surface area contributed by atoms with E-state index in [0.717, 1.165) is 65.1 Å². The average Bonchev–Trinajstić information content (AvgIpc) is 3.67. The fraction of sp³-hybridized carbons (Fsp3) is 0.250. The maximum atomic E-state index is 11.9. The molecule has 2 aromatic heterocycles. The van der Waals surface area contributed by atoms with Crippen molar-refractivity contribution < 1.29 is 24.5 Å². The summed E-state index contributed by atoms with van der Waals surface area (Å²) < 4.78 is 14.4. The summed E-state index contributed by atoms with van der Waals surface area (Å²) in [7, 11) is 1.94. The van der Waals surface area contributed by atoms with Crippen molar-refractivity contribution in [3.63, 3.8) is 0 Å². The van der Waals surface area contributed by atoms with E-state index in [1.807, 2.05) is 62.1 Å². The fourth-order valence-electron chi connectivity index (χ4n) is 5.45. The summed E-state index contributed by atoms with van der Waals surface area (Å²) in [5.74, 6) is 0.469. The van der Waals surface area contributed by atoms with Crippen LogP contribution in [0.3, 0.4) is 0 Å². The van der Waals surface area contributed by atoms with Crippen molar-refractivity contribution in [2.75, 3.05) is 0 Å². The molecule has 0 amide bonds. The molecule has 1 aliphatic rings. The number of rotatable bonds is 5. The van der Waals surface area contributed by atoms with Crippen molar-refractivity contribution in [2.24, 2.45) is 7.05 Å². The van der Waals surface area contributed by atoms with Gasteiger partial charge in [0, 0.05) is 30.5 Å². The molecule has 0 spiro atoms. The Hall–Kier alpha value is -4.73. The summed E-state index contributed by atoms with van der Waals surface area (Å²) in [6.45, 7) is 9.02. The first-order chi connectivity index (χ1) is 21.3. The summed E-state index contributed by atoms with van der Waals surface area (Å²) in [4.78, 5) is 16.9. The predicted molar refractivity (Wildman–Crippen MR) is 179 cm³/mol. The zero-order valence-corrected chi connectivity index (χ0v) is 26.9. The van der Waals surface area contributed by atoms with E-state index >= 15 is 0 Å². The summed E-state index contributed by atoms with van der Waals surface area (Å²) in [6, 6.07) is 22.5. The first-order valence-corrected chi connectivity index (χ1v) is 15.5. The molecule has 7 rings (SSSR count). The van der Waals surface area contributed by atoms with E-state index in [2.05, 4.69) is 41.5 Å².